The van der Waals surface area contributed by atoms with Crippen molar-refractivity contribution >= 4 is 21.9 Å². The van der Waals surface area contributed by atoms with E-state index in [9.17, 15) is 4.79 Å². The van der Waals surface area contributed by atoms with Crippen LogP contribution in [0.1, 0.15) is 26.2 Å². The average Bonchev–Trinajstić information content (AvgIpc) is 2.05. The minimum absolute atomic E-state index is 0.481. The first-order chi connectivity index (χ1) is 6.02. The summed E-state index contributed by atoms with van der Waals surface area (Å²) >= 11 is 3.24. The number of carboxylic acids is 1. The highest BCUT2D eigenvalue weighted by Gasteiger charge is 2.33. The maximum Gasteiger partial charge on any atom is 0.320 e. The van der Waals surface area contributed by atoms with E-state index in [2.05, 4.69) is 15.9 Å². The molecule has 1 unspecified atom stereocenters. The van der Waals surface area contributed by atoms with E-state index in [1.807, 2.05) is 0 Å². The number of halogens is 1. The third-order valence-electron chi connectivity index (χ3n) is 2.46. The zero-order valence-corrected chi connectivity index (χ0v) is 9.34. The molecule has 13 heavy (non-hydrogen) atoms. The largest absolute Gasteiger partial charge is 0.480 e. The van der Waals surface area contributed by atoms with E-state index in [0.717, 1.165) is 26.1 Å². The molecule has 1 heterocycles. The molecule has 1 N–H and O–H groups in total. The number of carbonyl (C=O) groups is 1. The van der Waals surface area contributed by atoms with Crippen LogP contribution in [-0.2, 0) is 9.53 Å². The highest BCUT2D eigenvalue weighted by atomic mass is 79.9. The summed E-state index contributed by atoms with van der Waals surface area (Å²) in [4.78, 5) is 10.8. The maximum atomic E-state index is 10.8. The van der Waals surface area contributed by atoms with Crippen molar-refractivity contribution in [3.8, 4) is 0 Å². The Morgan fingerprint density at radius 3 is 2.62 bits per heavy atom. The topological polar surface area (TPSA) is 46.5 Å². The Hall–Kier alpha value is -0.0900. The Morgan fingerprint density at radius 1 is 1.62 bits per heavy atom. The van der Waals surface area contributed by atoms with Crippen LogP contribution in [-0.4, -0.2) is 28.6 Å². The molecule has 0 aromatic heterocycles. The first kappa shape index (κ1) is 11.0. The van der Waals surface area contributed by atoms with Crippen molar-refractivity contribution in [1.82, 2.24) is 0 Å². The molecule has 0 aromatic carbocycles. The summed E-state index contributed by atoms with van der Waals surface area (Å²) in [5.74, 6) is -0.298. The molecule has 0 amide bonds. The van der Waals surface area contributed by atoms with Crippen molar-refractivity contribution in [3.63, 3.8) is 0 Å². The van der Waals surface area contributed by atoms with Crippen molar-refractivity contribution in [3.05, 3.63) is 0 Å². The Morgan fingerprint density at radius 2 is 2.15 bits per heavy atom. The average molecular weight is 251 g/mol. The van der Waals surface area contributed by atoms with Crippen LogP contribution in [0.5, 0.6) is 0 Å². The van der Waals surface area contributed by atoms with Crippen molar-refractivity contribution < 1.29 is 14.6 Å². The smallest absolute Gasteiger partial charge is 0.320 e. The first-order valence-electron chi connectivity index (χ1n) is 4.52. The number of hydrogen-bond acceptors (Lipinski definition) is 2. The van der Waals surface area contributed by atoms with Crippen molar-refractivity contribution in [2.24, 2.45) is 5.92 Å². The van der Waals surface area contributed by atoms with Gasteiger partial charge in [-0.1, -0.05) is 15.9 Å². The molecule has 1 atom stereocenters. The predicted molar refractivity (Wildman–Crippen MR) is 53.1 cm³/mol. The van der Waals surface area contributed by atoms with Gasteiger partial charge in [-0.3, -0.25) is 4.79 Å². The van der Waals surface area contributed by atoms with Gasteiger partial charge < -0.3 is 9.84 Å². The second kappa shape index (κ2) is 4.42. The molecule has 1 aliphatic rings. The fourth-order valence-electron chi connectivity index (χ4n) is 1.58. The van der Waals surface area contributed by atoms with Crippen molar-refractivity contribution in [1.29, 1.82) is 0 Å². The lowest BCUT2D eigenvalue weighted by molar-refractivity contribution is -0.139. The number of aliphatic carboxylic acids is 1. The van der Waals surface area contributed by atoms with Gasteiger partial charge in [-0.25, -0.2) is 0 Å². The summed E-state index contributed by atoms with van der Waals surface area (Å²) in [5.41, 5.74) is 0. The fourth-order valence-corrected chi connectivity index (χ4v) is 2.04. The van der Waals surface area contributed by atoms with E-state index in [0.29, 0.717) is 12.3 Å². The van der Waals surface area contributed by atoms with Crippen LogP contribution >= 0.6 is 15.9 Å². The maximum absolute atomic E-state index is 10.8. The summed E-state index contributed by atoms with van der Waals surface area (Å²) in [5, 5.41) is 8.89. The monoisotopic (exact) mass is 250 g/mol. The molecule has 0 aliphatic carbocycles. The van der Waals surface area contributed by atoms with Crippen LogP contribution in [0.3, 0.4) is 0 Å². The lowest BCUT2D eigenvalue weighted by atomic mass is 9.90. The molecule has 1 saturated heterocycles. The van der Waals surface area contributed by atoms with Gasteiger partial charge >= 0.3 is 5.97 Å². The number of carboxylic acid groups (broad SMARTS) is 1. The van der Waals surface area contributed by atoms with Gasteiger partial charge in [-0.05, 0) is 32.1 Å². The van der Waals surface area contributed by atoms with E-state index in [4.69, 9.17) is 9.84 Å². The fraction of sp³-hybridized carbons (Fsp3) is 0.889. The van der Waals surface area contributed by atoms with Crippen molar-refractivity contribution in [2.45, 2.75) is 30.5 Å². The zero-order chi connectivity index (χ0) is 9.90. The number of hydrogen-bond donors (Lipinski definition) is 1. The second-order valence-corrected chi connectivity index (χ2v) is 5.51. The molecule has 3 nitrogen and oxygen atoms in total. The summed E-state index contributed by atoms with van der Waals surface area (Å²) in [6, 6.07) is 0. The van der Waals surface area contributed by atoms with Gasteiger partial charge in [0.2, 0.25) is 0 Å². The second-order valence-electron chi connectivity index (χ2n) is 3.76. The highest BCUT2D eigenvalue weighted by molar-refractivity contribution is 9.10. The van der Waals surface area contributed by atoms with Crippen molar-refractivity contribution in [2.75, 3.05) is 13.2 Å². The van der Waals surface area contributed by atoms with Gasteiger partial charge in [-0.15, -0.1) is 0 Å². The number of alkyl halides is 1. The summed E-state index contributed by atoms with van der Waals surface area (Å²) in [7, 11) is 0. The minimum Gasteiger partial charge on any atom is -0.480 e. The summed E-state index contributed by atoms with van der Waals surface area (Å²) in [6.07, 6.45) is 2.65. The van der Waals surface area contributed by atoms with Crippen LogP contribution in [0.25, 0.3) is 0 Å². The Bertz CT molecular complexity index is 185. The Kier molecular flexibility index (Phi) is 3.74. The standard InChI is InChI=1S/C9H15BrO3/c1-9(10,8(11)12)6-7-2-4-13-5-3-7/h7H,2-6H2,1H3,(H,11,12). The lowest BCUT2D eigenvalue weighted by Crippen LogP contribution is -2.32. The molecule has 76 valence electrons. The number of ether oxygens (including phenoxy) is 1. The van der Waals surface area contributed by atoms with Gasteiger partial charge in [0, 0.05) is 13.2 Å². The van der Waals surface area contributed by atoms with Crippen LogP contribution in [0, 0.1) is 5.92 Å². The first-order valence-corrected chi connectivity index (χ1v) is 5.32. The van der Waals surface area contributed by atoms with Crippen LogP contribution in [0.2, 0.25) is 0 Å². The molecule has 1 aliphatic heterocycles. The molecule has 4 heteroatoms. The zero-order valence-electron chi connectivity index (χ0n) is 7.75. The molecule has 0 radical (unpaired) electrons. The highest BCUT2D eigenvalue weighted by Crippen LogP contribution is 2.31. The molecule has 1 fully saturated rings. The normalized spacial score (nSPS) is 23.8. The third-order valence-corrected chi connectivity index (χ3v) is 3.12. The van der Waals surface area contributed by atoms with Gasteiger partial charge in [0.05, 0.1) is 0 Å². The Labute approximate surface area is 86.6 Å². The van der Waals surface area contributed by atoms with Gasteiger partial charge in [0.1, 0.15) is 4.32 Å². The van der Waals surface area contributed by atoms with E-state index in [-0.39, 0.29) is 0 Å². The van der Waals surface area contributed by atoms with Gasteiger partial charge in [0.15, 0.2) is 0 Å². The van der Waals surface area contributed by atoms with Gasteiger partial charge in [0.25, 0.3) is 0 Å². The van der Waals surface area contributed by atoms with Crippen LogP contribution < -0.4 is 0 Å². The quantitative estimate of drug-likeness (QED) is 0.781. The molecule has 0 aromatic rings. The minimum atomic E-state index is -0.779. The summed E-state index contributed by atoms with van der Waals surface area (Å²) in [6.45, 7) is 3.26. The molecular formula is C9H15BrO3. The summed E-state index contributed by atoms with van der Waals surface area (Å²) < 4.78 is 4.44. The van der Waals surface area contributed by atoms with Gasteiger partial charge in [-0.2, -0.15) is 0 Å². The van der Waals surface area contributed by atoms with E-state index >= 15 is 0 Å². The van der Waals surface area contributed by atoms with Crippen LogP contribution in [0.15, 0.2) is 0 Å². The van der Waals surface area contributed by atoms with E-state index in [1.165, 1.54) is 0 Å². The Balaban J connectivity index is 2.41. The molecule has 1 rings (SSSR count). The lowest BCUT2D eigenvalue weighted by Gasteiger charge is -2.27. The SMILES string of the molecule is CC(Br)(CC1CCOCC1)C(=O)O. The van der Waals surface area contributed by atoms with E-state index < -0.39 is 10.3 Å². The third kappa shape index (κ3) is 3.27. The van der Waals surface area contributed by atoms with E-state index in [1.54, 1.807) is 6.92 Å². The molecular weight excluding hydrogens is 236 g/mol. The number of rotatable bonds is 3. The van der Waals surface area contributed by atoms with Crippen LogP contribution in [0.4, 0.5) is 0 Å². The molecule has 0 saturated carbocycles. The molecule has 0 spiro atoms. The predicted octanol–water partition coefficient (Wildman–Crippen LogP) is 2.04. The molecule has 0 bridgehead atoms.